The van der Waals surface area contributed by atoms with Gasteiger partial charge in [0.25, 0.3) is 0 Å². The number of allylic oxidation sites excluding steroid dienone is 2. The van der Waals surface area contributed by atoms with Crippen molar-refractivity contribution >= 4 is 5.57 Å². The van der Waals surface area contributed by atoms with Crippen molar-refractivity contribution in [3.63, 3.8) is 0 Å². The Kier molecular flexibility index (Phi) is 3.25. The third-order valence-corrected chi connectivity index (χ3v) is 6.20. The predicted molar refractivity (Wildman–Crippen MR) is 86.8 cm³/mol. The molecular weight excluding hydrogens is 272 g/mol. The van der Waals surface area contributed by atoms with Crippen LogP contribution < -0.4 is 0 Å². The van der Waals surface area contributed by atoms with E-state index in [-0.39, 0.29) is 6.10 Å². The van der Waals surface area contributed by atoms with E-state index in [4.69, 9.17) is 0 Å². The lowest BCUT2D eigenvalue weighted by Crippen LogP contribution is -2.31. The third kappa shape index (κ3) is 2.16. The zero-order valence-corrected chi connectivity index (χ0v) is 13.5. The lowest BCUT2D eigenvalue weighted by atomic mass is 9.66. The van der Waals surface area contributed by atoms with Gasteiger partial charge in [0.05, 0.1) is 6.10 Å². The minimum Gasteiger partial charge on any atom is -0.393 e. The Morgan fingerprint density at radius 3 is 2.73 bits per heavy atom. The molecule has 1 saturated carbocycles. The summed E-state index contributed by atoms with van der Waals surface area (Å²) in [5.41, 5.74) is 4.08. The van der Waals surface area contributed by atoms with Crippen LogP contribution in [0.4, 0.5) is 0 Å². The van der Waals surface area contributed by atoms with Gasteiger partial charge in [-0.3, -0.25) is 0 Å². The van der Waals surface area contributed by atoms with E-state index in [9.17, 15) is 10.2 Å². The lowest BCUT2D eigenvalue weighted by molar-refractivity contribution is -0.000189. The van der Waals surface area contributed by atoms with Crippen LogP contribution in [0, 0.1) is 17.8 Å². The average Bonchev–Trinajstić information content (AvgIpc) is 2.87. The fraction of sp³-hybridized carbons (Fsp3) is 0.600. The van der Waals surface area contributed by atoms with Crippen molar-refractivity contribution in [2.24, 2.45) is 17.8 Å². The van der Waals surface area contributed by atoms with Crippen molar-refractivity contribution in [3.8, 4) is 0 Å². The maximum Gasteiger partial charge on any atom is 0.123 e. The molecule has 0 saturated heterocycles. The Morgan fingerprint density at radius 1 is 1.14 bits per heavy atom. The molecule has 0 amide bonds. The monoisotopic (exact) mass is 297 g/mol. The topological polar surface area (TPSA) is 40.1 Å². The van der Waals surface area contributed by atoms with Crippen molar-refractivity contribution < 1.29 is 10.2 Å². The molecule has 2 nitrogen and oxygen atoms in total. The number of rotatable bonds is 1. The van der Waals surface area contributed by atoms with Crippen molar-refractivity contribution in [2.75, 3.05) is 0 Å². The molecule has 4 rings (SSSR count). The molecule has 1 radical (unpaired) electrons. The minimum absolute atomic E-state index is 0.0900. The number of fused-ring (bicyclic) bond motifs is 5. The normalized spacial score (nSPS) is 33.7. The van der Waals surface area contributed by atoms with Crippen molar-refractivity contribution in [1.82, 2.24) is 0 Å². The second-order valence-corrected chi connectivity index (χ2v) is 7.89. The molecule has 1 aromatic carbocycles. The molecule has 0 bridgehead atoms. The van der Waals surface area contributed by atoms with Gasteiger partial charge in [-0.15, -0.1) is 0 Å². The van der Waals surface area contributed by atoms with Gasteiger partial charge in [-0.05, 0) is 86.0 Å². The van der Waals surface area contributed by atoms with Crippen LogP contribution in [-0.4, -0.2) is 11.2 Å². The van der Waals surface area contributed by atoms with Crippen LogP contribution in [-0.2, 0) is 17.1 Å². The van der Waals surface area contributed by atoms with Crippen molar-refractivity contribution in [1.29, 1.82) is 0 Å². The highest BCUT2D eigenvalue weighted by molar-refractivity contribution is 5.73. The van der Waals surface area contributed by atoms with E-state index in [0.29, 0.717) is 17.8 Å². The van der Waals surface area contributed by atoms with E-state index in [0.717, 1.165) is 24.8 Å². The molecule has 1 fully saturated rings. The summed E-state index contributed by atoms with van der Waals surface area (Å²) in [5, 5.41) is 22.4. The van der Waals surface area contributed by atoms with Crippen molar-refractivity contribution in [3.05, 3.63) is 41.0 Å². The van der Waals surface area contributed by atoms with E-state index in [1.54, 1.807) is 13.8 Å². The van der Waals surface area contributed by atoms with Gasteiger partial charge in [0.2, 0.25) is 0 Å². The molecule has 4 atom stereocenters. The number of benzene rings is 1. The van der Waals surface area contributed by atoms with Gasteiger partial charge in [0.15, 0.2) is 0 Å². The maximum absolute atomic E-state index is 12.2. The molecule has 1 N–H and O–H groups in total. The maximum atomic E-state index is 12.2. The predicted octanol–water partition coefficient (Wildman–Crippen LogP) is 4.09. The van der Waals surface area contributed by atoms with E-state index in [2.05, 4.69) is 18.2 Å². The fourth-order valence-electron chi connectivity index (χ4n) is 5.00. The highest BCUT2D eigenvalue weighted by Crippen LogP contribution is 2.52. The van der Waals surface area contributed by atoms with Crippen LogP contribution in [0.3, 0.4) is 0 Å². The largest absolute Gasteiger partial charge is 0.393 e. The summed E-state index contributed by atoms with van der Waals surface area (Å²) >= 11 is 0. The first-order valence-electron chi connectivity index (χ1n) is 8.67. The van der Waals surface area contributed by atoms with Crippen LogP contribution >= 0.6 is 0 Å². The second-order valence-electron chi connectivity index (χ2n) is 7.89. The number of aliphatic hydroxyl groups excluding tert-OH is 1. The molecule has 2 heteroatoms. The quantitative estimate of drug-likeness (QED) is 0.833. The summed E-state index contributed by atoms with van der Waals surface area (Å²) < 4.78 is 0. The van der Waals surface area contributed by atoms with Gasteiger partial charge in [-0.1, -0.05) is 24.3 Å². The first kappa shape index (κ1) is 14.5. The standard InChI is InChI=1S/C20H25O2/c1-20(2,22)13-4-6-14-12(11-13)3-5-16-15(14)7-8-18-17(16)9-10-19(18)21/h4,6-7,11,16-19,21H,3,5,8-10H2,1-2H3/t16?,17?,18-,19+/m0/s1. The van der Waals surface area contributed by atoms with E-state index in [1.165, 1.54) is 29.5 Å². The summed E-state index contributed by atoms with van der Waals surface area (Å²) in [6, 6.07) is 6.33. The van der Waals surface area contributed by atoms with Gasteiger partial charge >= 0.3 is 0 Å². The van der Waals surface area contributed by atoms with Gasteiger partial charge in [-0.25, -0.2) is 5.11 Å². The Hall–Kier alpha value is -1.12. The van der Waals surface area contributed by atoms with E-state index in [1.807, 2.05) is 6.07 Å². The number of aryl methyl sites for hydroxylation is 1. The average molecular weight is 297 g/mol. The summed E-state index contributed by atoms with van der Waals surface area (Å²) in [5.74, 6) is 1.77. The smallest absolute Gasteiger partial charge is 0.123 e. The Labute approximate surface area is 132 Å². The second kappa shape index (κ2) is 4.94. The molecule has 3 aliphatic carbocycles. The molecular formula is C20H25O2. The van der Waals surface area contributed by atoms with Crippen LogP contribution in [0.25, 0.3) is 5.57 Å². The number of aliphatic hydroxyl groups is 1. The van der Waals surface area contributed by atoms with Gasteiger partial charge in [0, 0.05) is 0 Å². The van der Waals surface area contributed by atoms with Crippen molar-refractivity contribution in [2.45, 2.75) is 57.7 Å². The molecule has 0 aliphatic heterocycles. The van der Waals surface area contributed by atoms with Crippen LogP contribution in [0.2, 0.25) is 0 Å². The van der Waals surface area contributed by atoms with Crippen LogP contribution in [0.1, 0.15) is 56.2 Å². The van der Waals surface area contributed by atoms with Gasteiger partial charge < -0.3 is 5.11 Å². The molecule has 117 valence electrons. The third-order valence-electron chi connectivity index (χ3n) is 6.20. The molecule has 3 aliphatic rings. The van der Waals surface area contributed by atoms with Crippen LogP contribution in [0.5, 0.6) is 0 Å². The Bertz CT molecular complexity index is 623. The number of hydrogen-bond donors (Lipinski definition) is 1. The molecule has 2 unspecified atom stereocenters. The molecule has 0 heterocycles. The van der Waals surface area contributed by atoms with Gasteiger partial charge in [0.1, 0.15) is 5.60 Å². The fourth-order valence-corrected chi connectivity index (χ4v) is 5.00. The molecule has 22 heavy (non-hydrogen) atoms. The molecule has 0 aromatic heterocycles. The highest BCUT2D eigenvalue weighted by Gasteiger charge is 2.44. The summed E-state index contributed by atoms with van der Waals surface area (Å²) in [6.07, 6.45) is 7.70. The zero-order chi connectivity index (χ0) is 15.5. The summed E-state index contributed by atoms with van der Waals surface area (Å²) in [4.78, 5) is 0. The number of hydrogen-bond acceptors (Lipinski definition) is 1. The zero-order valence-electron chi connectivity index (χ0n) is 13.5. The summed E-state index contributed by atoms with van der Waals surface area (Å²) in [6.45, 7) is 3.48. The minimum atomic E-state index is -1.02. The first-order chi connectivity index (χ1) is 10.4. The Balaban J connectivity index is 1.72. The molecule has 0 spiro atoms. The highest BCUT2D eigenvalue weighted by atomic mass is 16.3. The van der Waals surface area contributed by atoms with E-state index < -0.39 is 5.60 Å². The van der Waals surface area contributed by atoms with Gasteiger partial charge in [-0.2, -0.15) is 0 Å². The summed E-state index contributed by atoms with van der Waals surface area (Å²) in [7, 11) is 0. The Morgan fingerprint density at radius 2 is 1.95 bits per heavy atom. The first-order valence-corrected chi connectivity index (χ1v) is 8.67. The lowest BCUT2D eigenvalue weighted by Gasteiger charge is -2.39. The van der Waals surface area contributed by atoms with Crippen LogP contribution in [0.15, 0.2) is 24.3 Å². The van der Waals surface area contributed by atoms with E-state index >= 15 is 0 Å². The SMILES string of the molecule is CC(C)([O])c1ccc2c(c1)CCC1C2=CC[C@H]2C1CC[C@H]2O. The molecule has 1 aromatic rings.